The number of ether oxygens (including phenoxy) is 2. The lowest BCUT2D eigenvalue weighted by molar-refractivity contribution is -0.171. The second-order valence-electron chi connectivity index (χ2n) is 9.55. The SMILES string of the molecule is CC(C)Cn1cc(/C=C2\CC(CO)(COC(=O)C(C)(C)C)OC2=O)c2ccccc21. The average Bonchev–Trinajstić information content (AvgIpc) is 3.17. The van der Waals surface area contributed by atoms with Gasteiger partial charge in [-0.3, -0.25) is 4.79 Å². The standard InChI is InChI=1S/C24H31NO5/c1-16(2)12-25-13-18(19-8-6-7-9-20(19)25)10-17-11-24(14-26,30-21(17)27)15-29-22(28)23(3,4)5/h6-10,13,16,26H,11-12,14-15H2,1-5H3/b17-10+. The summed E-state index contributed by atoms with van der Waals surface area (Å²) >= 11 is 0. The van der Waals surface area contributed by atoms with Crippen LogP contribution in [0.3, 0.4) is 0 Å². The Hall–Kier alpha value is -2.60. The third kappa shape index (κ3) is 4.59. The van der Waals surface area contributed by atoms with Gasteiger partial charge in [-0.2, -0.15) is 0 Å². The zero-order valence-corrected chi connectivity index (χ0v) is 18.4. The van der Waals surface area contributed by atoms with Crippen molar-refractivity contribution < 1.29 is 24.2 Å². The van der Waals surface area contributed by atoms with E-state index in [9.17, 15) is 14.7 Å². The number of esters is 2. The monoisotopic (exact) mass is 413 g/mol. The minimum absolute atomic E-state index is 0.169. The molecule has 3 rings (SSSR count). The van der Waals surface area contributed by atoms with Crippen molar-refractivity contribution in [2.45, 2.75) is 53.2 Å². The fourth-order valence-electron chi connectivity index (χ4n) is 3.58. The number of hydrogen-bond donors (Lipinski definition) is 1. The maximum absolute atomic E-state index is 12.6. The molecule has 30 heavy (non-hydrogen) atoms. The fourth-order valence-corrected chi connectivity index (χ4v) is 3.58. The minimum Gasteiger partial charge on any atom is -0.461 e. The number of para-hydroxylation sites is 1. The highest BCUT2D eigenvalue weighted by Crippen LogP contribution is 2.34. The predicted octanol–water partition coefficient (Wildman–Crippen LogP) is 3.95. The van der Waals surface area contributed by atoms with E-state index in [2.05, 4.69) is 24.5 Å². The van der Waals surface area contributed by atoms with Gasteiger partial charge >= 0.3 is 11.9 Å². The summed E-state index contributed by atoms with van der Waals surface area (Å²) in [5.41, 5.74) is 0.593. The van der Waals surface area contributed by atoms with Gasteiger partial charge in [0.2, 0.25) is 0 Å². The topological polar surface area (TPSA) is 77.8 Å². The van der Waals surface area contributed by atoms with Crippen molar-refractivity contribution in [3.05, 3.63) is 41.6 Å². The molecule has 2 aromatic rings. The normalized spacial score (nSPS) is 20.9. The van der Waals surface area contributed by atoms with E-state index < -0.39 is 29.6 Å². The van der Waals surface area contributed by atoms with Gasteiger partial charge in [-0.25, -0.2) is 4.79 Å². The summed E-state index contributed by atoms with van der Waals surface area (Å²) in [6.07, 6.45) is 4.05. The zero-order valence-electron chi connectivity index (χ0n) is 18.4. The predicted molar refractivity (Wildman–Crippen MR) is 116 cm³/mol. The molecule has 1 saturated heterocycles. The average molecular weight is 414 g/mol. The second-order valence-corrected chi connectivity index (χ2v) is 9.55. The number of aromatic nitrogens is 1. The van der Waals surface area contributed by atoms with Gasteiger partial charge in [-0.15, -0.1) is 0 Å². The van der Waals surface area contributed by atoms with E-state index in [1.165, 1.54) is 0 Å². The Morgan fingerprint density at radius 2 is 2.03 bits per heavy atom. The van der Waals surface area contributed by atoms with Crippen LogP contribution in [0, 0.1) is 11.3 Å². The summed E-state index contributed by atoms with van der Waals surface area (Å²) in [5, 5.41) is 11.0. The molecule has 0 spiro atoms. The van der Waals surface area contributed by atoms with Crippen molar-refractivity contribution in [1.82, 2.24) is 4.57 Å². The Morgan fingerprint density at radius 1 is 1.33 bits per heavy atom. The van der Waals surface area contributed by atoms with E-state index in [-0.39, 0.29) is 13.0 Å². The lowest BCUT2D eigenvalue weighted by Gasteiger charge is -2.26. The minimum atomic E-state index is -1.24. The Kier molecular flexibility index (Phi) is 6.09. The van der Waals surface area contributed by atoms with E-state index in [0.717, 1.165) is 23.0 Å². The quantitative estimate of drug-likeness (QED) is 0.573. The second kappa shape index (κ2) is 8.26. The highest BCUT2D eigenvalue weighted by molar-refractivity contribution is 6.00. The summed E-state index contributed by atoms with van der Waals surface area (Å²) < 4.78 is 13.0. The summed E-state index contributed by atoms with van der Waals surface area (Å²) in [6, 6.07) is 8.07. The van der Waals surface area contributed by atoms with Crippen LogP contribution in [0.1, 0.15) is 46.6 Å². The Balaban J connectivity index is 1.88. The van der Waals surface area contributed by atoms with Crippen LogP contribution in [-0.2, 0) is 25.6 Å². The Labute approximate surface area is 177 Å². The van der Waals surface area contributed by atoms with Crippen LogP contribution in [0.5, 0.6) is 0 Å². The molecule has 0 saturated carbocycles. The van der Waals surface area contributed by atoms with Crippen LogP contribution in [0.2, 0.25) is 0 Å². The zero-order chi connectivity index (χ0) is 22.1. The third-order valence-corrected chi connectivity index (χ3v) is 5.16. The van der Waals surface area contributed by atoms with Crippen LogP contribution < -0.4 is 0 Å². The summed E-state index contributed by atoms with van der Waals surface area (Å²) in [6.45, 7) is 9.86. The largest absolute Gasteiger partial charge is 0.461 e. The van der Waals surface area contributed by atoms with Gasteiger partial charge in [0.15, 0.2) is 5.60 Å². The number of rotatable bonds is 6. The van der Waals surface area contributed by atoms with Crippen molar-refractivity contribution in [1.29, 1.82) is 0 Å². The molecule has 6 nitrogen and oxygen atoms in total. The van der Waals surface area contributed by atoms with Gasteiger partial charge in [0.05, 0.1) is 12.0 Å². The fraction of sp³-hybridized carbons (Fsp3) is 0.500. The van der Waals surface area contributed by atoms with Crippen molar-refractivity contribution >= 4 is 28.9 Å². The molecule has 0 bridgehead atoms. The molecule has 1 aromatic carbocycles. The van der Waals surface area contributed by atoms with Crippen molar-refractivity contribution in [3.63, 3.8) is 0 Å². The van der Waals surface area contributed by atoms with Gasteiger partial charge in [-0.05, 0) is 38.8 Å². The van der Waals surface area contributed by atoms with E-state index in [1.807, 2.05) is 30.5 Å². The van der Waals surface area contributed by atoms with Gasteiger partial charge < -0.3 is 19.1 Å². The first-order valence-electron chi connectivity index (χ1n) is 10.3. The highest BCUT2D eigenvalue weighted by Gasteiger charge is 2.45. The van der Waals surface area contributed by atoms with Gasteiger partial charge in [-0.1, -0.05) is 32.0 Å². The van der Waals surface area contributed by atoms with Crippen molar-refractivity contribution in [3.8, 4) is 0 Å². The van der Waals surface area contributed by atoms with E-state index in [0.29, 0.717) is 11.5 Å². The number of aliphatic hydroxyl groups excluding tert-OH is 1. The number of cyclic esters (lactones) is 1. The molecule has 6 heteroatoms. The molecular weight excluding hydrogens is 382 g/mol. The first-order valence-corrected chi connectivity index (χ1v) is 10.3. The maximum atomic E-state index is 12.6. The molecule has 0 radical (unpaired) electrons. The van der Waals surface area contributed by atoms with Gasteiger partial charge in [0, 0.05) is 41.2 Å². The number of carbonyl (C=O) groups excluding carboxylic acids is 2. The molecule has 0 aliphatic carbocycles. The van der Waals surface area contributed by atoms with Gasteiger partial charge in [0.1, 0.15) is 6.61 Å². The van der Waals surface area contributed by atoms with E-state index in [1.54, 1.807) is 20.8 Å². The summed E-state index contributed by atoms with van der Waals surface area (Å²) in [7, 11) is 0. The molecule has 1 aliphatic rings. The van der Waals surface area contributed by atoms with Crippen molar-refractivity contribution in [2.24, 2.45) is 11.3 Å². The van der Waals surface area contributed by atoms with Crippen LogP contribution in [-0.4, -0.2) is 40.4 Å². The Morgan fingerprint density at radius 3 is 2.67 bits per heavy atom. The van der Waals surface area contributed by atoms with E-state index >= 15 is 0 Å². The third-order valence-electron chi connectivity index (χ3n) is 5.16. The summed E-state index contributed by atoms with van der Waals surface area (Å²) in [5.74, 6) is -0.408. The molecule has 1 unspecified atom stereocenters. The molecule has 0 amide bonds. The smallest absolute Gasteiger partial charge is 0.334 e. The number of aliphatic hydroxyl groups is 1. The number of nitrogens with zero attached hydrogens (tertiary/aromatic N) is 1. The number of carbonyl (C=O) groups is 2. The van der Waals surface area contributed by atoms with Crippen LogP contribution in [0.15, 0.2) is 36.0 Å². The molecule has 1 N–H and O–H groups in total. The van der Waals surface area contributed by atoms with Gasteiger partial charge in [0.25, 0.3) is 0 Å². The molecule has 1 aromatic heterocycles. The first-order chi connectivity index (χ1) is 14.0. The van der Waals surface area contributed by atoms with Crippen molar-refractivity contribution in [2.75, 3.05) is 13.2 Å². The highest BCUT2D eigenvalue weighted by atomic mass is 16.6. The maximum Gasteiger partial charge on any atom is 0.334 e. The Bertz CT molecular complexity index is 979. The van der Waals surface area contributed by atoms with E-state index in [4.69, 9.17) is 9.47 Å². The number of hydrogen-bond acceptors (Lipinski definition) is 5. The lowest BCUT2D eigenvalue weighted by atomic mass is 9.96. The summed E-state index contributed by atoms with van der Waals surface area (Å²) in [4.78, 5) is 24.7. The van der Waals surface area contributed by atoms with Crippen LogP contribution >= 0.6 is 0 Å². The molecule has 162 valence electrons. The molecule has 1 atom stereocenters. The molecular formula is C24H31NO5. The number of benzene rings is 1. The number of fused-ring (bicyclic) bond motifs is 1. The molecule has 2 heterocycles. The lowest BCUT2D eigenvalue weighted by Crippen LogP contribution is -2.40. The molecule has 1 aliphatic heterocycles. The first kappa shape index (κ1) is 22.1. The molecule has 1 fully saturated rings. The van der Waals surface area contributed by atoms with Crippen LogP contribution in [0.4, 0.5) is 0 Å². The van der Waals surface area contributed by atoms with Crippen LogP contribution in [0.25, 0.3) is 17.0 Å².